The van der Waals surface area contributed by atoms with Crippen molar-refractivity contribution in [3.8, 4) is 22.9 Å². The normalized spacial score (nSPS) is 11.2. The maximum atomic E-state index is 13.9. The lowest BCUT2D eigenvalue weighted by molar-refractivity contribution is -0.112. The van der Waals surface area contributed by atoms with Gasteiger partial charge in [-0.2, -0.15) is 5.26 Å². The number of amides is 1. The highest BCUT2D eigenvalue weighted by atomic mass is 19.1. The molecule has 0 atom stereocenters. The van der Waals surface area contributed by atoms with E-state index < -0.39 is 11.7 Å². The van der Waals surface area contributed by atoms with Crippen molar-refractivity contribution >= 4 is 17.7 Å². The molecule has 5 heteroatoms. The molecule has 4 aromatic rings. The molecule has 0 aliphatic rings. The Morgan fingerprint density at radius 3 is 2.24 bits per heavy atom. The van der Waals surface area contributed by atoms with E-state index in [4.69, 9.17) is 0 Å². The number of nitrogens with zero attached hydrogens (tertiary/aromatic N) is 2. The molecule has 0 bridgehead atoms. The number of nitriles is 1. The molecule has 0 spiro atoms. The highest BCUT2D eigenvalue weighted by molar-refractivity contribution is 6.09. The Kier molecular flexibility index (Phi) is 6.19. The Morgan fingerprint density at radius 1 is 0.939 bits per heavy atom. The van der Waals surface area contributed by atoms with Gasteiger partial charge in [-0.3, -0.25) is 4.79 Å². The third-order valence-electron chi connectivity index (χ3n) is 5.49. The summed E-state index contributed by atoms with van der Waals surface area (Å²) in [6, 6.07) is 28.1. The molecule has 1 N–H and O–H groups in total. The van der Waals surface area contributed by atoms with Crippen molar-refractivity contribution in [2.45, 2.75) is 13.8 Å². The maximum absolute atomic E-state index is 13.9. The molecular formula is C28H22FN3O. The fourth-order valence-electron chi connectivity index (χ4n) is 3.82. The Hall–Kier alpha value is -4.43. The number of carbonyl (C=O) groups excluding carboxylic acids is 1. The summed E-state index contributed by atoms with van der Waals surface area (Å²) in [5.74, 6) is -1.21. The lowest BCUT2D eigenvalue weighted by atomic mass is 10.1. The van der Waals surface area contributed by atoms with E-state index in [1.165, 1.54) is 24.3 Å². The van der Waals surface area contributed by atoms with Gasteiger partial charge in [0, 0.05) is 17.1 Å². The standard InChI is InChI=1S/C28H22FN3O/c1-19-16-23(17-24(18-30)28(33)31-27-11-7-6-10-26(27)29)20(2)32(19)25-14-12-22(13-15-25)21-8-4-3-5-9-21/h3-17H,1-2H3,(H,31,33)/b24-17+. The lowest BCUT2D eigenvalue weighted by Crippen LogP contribution is -2.14. The molecule has 1 aromatic heterocycles. The quantitative estimate of drug-likeness (QED) is 0.289. The summed E-state index contributed by atoms with van der Waals surface area (Å²) in [5.41, 5.74) is 5.81. The van der Waals surface area contributed by atoms with E-state index in [0.29, 0.717) is 0 Å². The zero-order valence-electron chi connectivity index (χ0n) is 18.3. The molecule has 0 aliphatic carbocycles. The summed E-state index contributed by atoms with van der Waals surface area (Å²) in [6.07, 6.45) is 1.54. The van der Waals surface area contributed by atoms with Crippen molar-refractivity contribution in [2.75, 3.05) is 5.32 Å². The first-order valence-electron chi connectivity index (χ1n) is 10.5. The largest absolute Gasteiger partial charge is 0.319 e. The Morgan fingerprint density at radius 2 is 1.58 bits per heavy atom. The highest BCUT2D eigenvalue weighted by Crippen LogP contribution is 2.26. The fourth-order valence-corrected chi connectivity index (χ4v) is 3.82. The molecule has 1 heterocycles. The van der Waals surface area contributed by atoms with Gasteiger partial charge in [0.05, 0.1) is 5.69 Å². The maximum Gasteiger partial charge on any atom is 0.266 e. The van der Waals surface area contributed by atoms with Crippen molar-refractivity contribution in [2.24, 2.45) is 0 Å². The van der Waals surface area contributed by atoms with Crippen molar-refractivity contribution in [1.82, 2.24) is 4.57 Å². The second-order valence-electron chi connectivity index (χ2n) is 7.68. The zero-order valence-corrected chi connectivity index (χ0v) is 18.3. The molecule has 1 amide bonds. The summed E-state index contributed by atoms with van der Waals surface area (Å²) in [5, 5.41) is 12.0. The summed E-state index contributed by atoms with van der Waals surface area (Å²) in [6.45, 7) is 3.91. The minimum atomic E-state index is -0.653. The predicted octanol–water partition coefficient (Wildman–Crippen LogP) is 6.45. The molecule has 0 saturated heterocycles. The Labute approximate surface area is 192 Å². The van der Waals surface area contributed by atoms with Gasteiger partial charge in [0.2, 0.25) is 0 Å². The van der Waals surface area contributed by atoms with Crippen LogP contribution in [0.4, 0.5) is 10.1 Å². The van der Waals surface area contributed by atoms with Crippen LogP contribution in [0, 0.1) is 31.0 Å². The van der Waals surface area contributed by atoms with Gasteiger partial charge in [0.25, 0.3) is 5.91 Å². The monoisotopic (exact) mass is 435 g/mol. The Balaban J connectivity index is 1.63. The van der Waals surface area contributed by atoms with Crippen LogP contribution in [0.15, 0.2) is 90.5 Å². The number of hydrogen-bond acceptors (Lipinski definition) is 2. The number of carbonyl (C=O) groups is 1. The average molecular weight is 436 g/mol. The van der Waals surface area contributed by atoms with E-state index >= 15 is 0 Å². The minimum Gasteiger partial charge on any atom is -0.319 e. The molecule has 0 radical (unpaired) electrons. The molecule has 162 valence electrons. The molecule has 4 rings (SSSR count). The molecule has 4 nitrogen and oxygen atoms in total. The third-order valence-corrected chi connectivity index (χ3v) is 5.49. The van der Waals surface area contributed by atoms with Gasteiger partial charge in [0.1, 0.15) is 17.5 Å². The summed E-state index contributed by atoms with van der Waals surface area (Å²) < 4.78 is 15.9. The van der Waals surface area contributed by atoms with Crippen LogP contribution < -0.4 is 5.32 Å². The van der Waals surface area contributed by atoms with Crippen LogP contribution in [0.3, 0.4) is 0 Å². The van der Waals surface area contributed by atoms with Gasteiger partial charge < -0.3 is 9.88 Å². The van der Waals surface area contributed by atoms with Crippen LogP contribution in [0.2, 0.25) is 0 Å². The van der Waals surface area contributed by atoms with Crippen LogP contribution >= 0.6 is 0 Å². The summed E-state index contributed by atoms with van der Waals surface area (Å²) >= 11 is 0. The van der Waals surface area contributed by atoms with Gasteiger partial charge in [-0.25, -0.2) is 4.39 Å². The van der Waals surface area contributed by atoms with E-state index in [1.807, 2.05) is 56.3 Å². The van der Waals surface area contributed by atoms with Gasteiger partial charge >= 0.3 is 0 Å². The number of para-hydroxylation sites is 1. The summed E-state index contributed by atoms with van der Waals surface area (Å²) in [7, 11) is 0. The van der Waals surface area contributed by atoms with Gasteiger partial charge in [-0.1, -0.05) is 54.6 Å². The number of aryl methyl sites for hydroxylation is 1. The van der Waals surface area contributed by atoms with Gasteiger partial charge in [-0.05, 0) is 66.9 Å². The lowest BCUT2D eigenvalue weighted by Gasteiger charge is -2.11. The third kappa shape index (κ3) is 4.60. The molecule has 33 heavy (non-hydrogen) atoms. The van der Waals surface area contributed by atoms with Crippen LogP contribution in [-0.2, 0) is 4.79 Å². The first-order valence-corrected chi connectivity index (χ1v) is 10.5. The number of anilines is 1. The van der Waals surface area contributed by atoms with Gasteiger partial charge in [0.15, 0.2) is 0 Å². The van der Waals surface area contributed by atoms with E-state index in [9.17, 15) is 14.4 Å². The molecule has 0 fully saturated rings. The average Bonchev–Trinajstić information content (AvgIpc) is 3.12. The van der Waals surface area contributed by atoms with E-state index in [2.05, 4.69) is 34.1 Å². The topological polar surface area (TPSA) is 57.8 Å². The predicted molar refractivity (Wildman–Crippen MR) is 129 cm³/mol. The molecular weight excluding hydrogens is 413 g/mol. The number of rotatable bonds is 5. The smallest absolute Gasteiger partial charge is 0.266 e. The minimum absolute atomic E-state index is 0.0348. The van der Waals surface area contributed by atoms with Crippen LogP contribution in [-0.4, -0.2) is 10.5 Å². The number of hydrogen-bond donors (Lipinski definition) is 1. The molecule has 0 aliphatic heterocycles. The zero-order chi connectivity index (χ0) is 23.4. The first kappa shape index (κ1) is 21.8. The summed E-state index contributed by atoms with van der Waals surface area (Å²) in [4.78, 5) is 12.6. The van der Waals surface area contributed by atoms with Crippen molar-refractivity contribution < 1.29 is 9.18 Å². The van der Waals surface area contributed by atoms with Crippen molar-refractivity contribution in [3.63, 3.8) is 0 Å². The molecule has 3 aromatic carbocycles. The molecule has 0 unspecified atom stereocenters. The highest BCUT2D eigenvalue weighted by Gasteiger charge is 2.15. The second-order valence-corrected chi connectivity index (χ2v) is 7.68. The number of nitrogens with one attached hydrogen (secondary N) is 1. The molecule has 0 saturated carbocycles. The Bertz CT molecular complexity index is 1380. The number of aromatic nitrogens is 1. The van der Waals surface area contributed by atoms with Crippen LogP contribution in [0.5, 0.6) is 0 Å². The first-order chi connectivity index (χ1) is 16.0. The van der Waals surface area contributed by atoms with E-state index in [0.717, 1.165) is 33.8 Å². The number of halogens is 1. The van der Waals surface area contributed by atoms with Crippen molar-refractivity contribution in [3.05, 3.63) is 113 Å². The number of benzene rings is 3. The van der Waals surface area contributed by atoms with Crippen LogP contribution in [0.25, 0.3) is 22.9 Å². The fraction of sp³-hybridized carbons (Fsp3) is 0.0714. The van der Waals surface area contributed by atoms with Crippen LogP contribution in [0.1, 0.15) is 17.0 Å². The van der Waals surface area contributed by atoms with Gasteiger partial charge in [-0.15, -0.1) is 0 Å². The second kappa shape index (κ2) is 9.37. The van der Waals surface area contributed by atoms with E-state index in [1.54, 1.807) is 6.07 Å². The van der Waals surface area contributed by atoms with E-state index in [-0.39, 0.29) is 11.3 Å². The van der Waals surface area contributed by atoms with Crippen molar-refractivity contribution in [1.29, 1.82) is 5.26 Å². The SMILES string of the molecule is Cc1cc(/C=C(\C#N)C(=O)Nc2ccccc2F)c(C)n1-c1ccc(-c2ccccc2)cc1.